The predicted molar refractivity (Wildman–Crippen MR) is 89.0 cm³/mol. The number of esters is 1. The van der Waals surface area contributed by atoms with Crippen molar-refractivity contribution in [1.82, 2.24) is 4.90 Å². The van der Waals surface area contributed by atoms with E-state index < -0.39 is 5.92 Å². The Hall–Kier alpha value is -1.76. The number of benzene rings is 1. The second-order valence-electron chi connectivity index (χ2n) is 7.25. The van der Waals surface area contributed by atoms with Crippen LogP contribution in [0, 0.1) is 0 Å². The van der Waals surface area contributed by atoms with Gasteiger partial charge in [-0.2, -0.15) is 0 Å². The molecule has 0 aliphatic carbocycles. The Morgan fingerprint density at radius 2 is 1.88 bits per heavy atom. The first-order valence-electron chi connectivity index (χ1n) is 8.85. The van der Waals surface area contributed by atoms with Gasteiger partial charge in [0.25, 0.3) is 0 Å². The topological polar surface area (TPSA) is 79.4 Å². The normalized spacial score (nSPS) is 34.2. The number of carbonyl (C=O) groups is 2. The lowest BCUT2D eigenvalue weighted by molar-refractivity contribution is -0.157. The van der Waals surface area contributed by atoms with Crippen molar-refractivity contribution in [3.63, 3.8) is 0 Å². The Balaban J connectivity index is 1.41. The highest BCUT2D eigenvalue weighted by Crippen LogP contribution is 2.48. The van der Waals surface area contributed by atoms with Gasteiger partial charge in [-0.3, -0.25) is 14.5 Å². The number of fused-ring (bicyclic) bond motifs is 5. The summed E-state index contributed by atoms with van der Waals surface area (Å²) < 4.78 is 11.4. The minimum atomic E-state index is -0.653. The van der Waals surface area contributed by atoms with Crippen LogP contribution in [0.2, 0.25) is 0 Å². The van der Waals surface area contributed by atoms with Gasteiger partial charge in [0.05, 0.1) is 13.2 Å². The summed E-state index contributed by atoms with van der Waals surface area (Å²) in [6.07, 6.45) is 1.54. The van der Waals surface area contributed by atoms with Crippen LogP contribution in [-0.4, -0.2) is 65.3 Å². The van der Waals surface area contributed by atoms with Crippen molar-refractivity contribution in [3.8, 4) is 0 Å². The van der Waals surface area contributed by atoms with Crippen LogP contribution in [0.25, 0.3) is 0 Å². The van der Waals surface area contributed by atoms with Crippen LogP contribution in [0.3, 0.4) is 0 Å². The van der Waals surface area contributed by atoms with Crippen LogP contribution in [-0.2, 0) is 19.1 Å². The molecular weight excluding hydrogens is 322 g/mol. The molecule has 3 fully saturated rings. The molecule has 25 heavy (non-hydrogen) atoms. The Morgan fingerprint density at radius 3 is 2.44 bits per heavy atom. The van der Waals surface area contributed by atoms with Gasteiger partial charge in [0.2, 0.25) is 0 Å². The van der Waals surface area contributed by atoms with E-state index in [0.29, 0.717) is 19.4 Å². The molecule has 0 spiro atoms. The van der Waals surface area contributed by atoms with Crippen molar-refractivity contribution in [2.75, 3.05) is 13.2 Å². The first-order chi connectivity index (χ1) is 12.1. The molecule has 1 N–H and O–H groups in total. The third-order valence-electron chi connectivity index (χ3n) is 5.54. The van der Waals surface area contributed by atoms with Crippen molar-refractivity contribution in [2.24, 2.45) is 0 Å². The second-order valence-corrected chi connectivity index (χ2v) is 7.25. The van der Waals surface area contributed by atoms with E-state index in [1.807, 2.05) is 30.3 Å². The van der Waals surface area contributed by atoms with Crippen molar-refractivity contribution in [3.05, 3.63) is 35.9 Å². The van der Waals surface area contributed by atoms with E-state index in [4.69, 9.17) is 9.47 Å². The van der Waals surface area contributed by atoms with E-state index in [2.05, 4.69) is 4.90 Å². The molecule has 134 valence electrons. The summed E-state index contributed by atoms with van der Waals surface area (Å²) in [5.74, 6) is -0.885. The predicted octanol–water partition coefficient (Wildman–Crippen LogP) is 0.877. The number of epoxide rings is 1. The number of aliphatic hydroxyl groups excluding tert-OH is 1. The van der Waals surface area contributed by atoms with Gasteiger partial charge in [-0.25, -0.2) is 0 Å². The third-order valence-corrected chi connectivity index (χ3v) is 5.54. The first kappa shape index (κ1) is 16.7. The molecule has 6 heteroatoms. The SMILES string of the molecule is CC(=O)CN1C2CC(OC(=O)C(CO)c3ccccc3)CC1C1OC12. The maximum Gasteiger partial charge on any atom is 0.316 e. The molecule has 3 saturated heterocycles. The average molecular weight is 345 g/mol. The van der Waals surface area contributed by atoms with Crippen molar-refractivity contribution < 1.29 is 24.2 Å². The number of rotatable bonds is 6. The fraction of sp³-hybridized carbons (Fsp3) is 0.579. The van der Waals surface area contributed by atoms with E-state index in [1.54, 1.807) is 6.92 Å². The van der Waals surface area contributed by atoms with Crippen LogP contribution in [0.1, 0.15) is 31.2 Å². The molecule has 4 rings (SSSR count). The van der Waals surface area contributed by atoms with Gasteiger partial charge in [0, 0.05) is 24.9 Å². The number of carbonyl (C=O) groups excluding carboxylic acids is 2. The van der Waals surface area contributed by atoms with Crippen LogP contribution >= 0.6 is 0 Å². The largest absolute Gasteiger partial charge is 0.462 e. The van der Waals surface area contributed by atoms with Crippen LogP contribution in [0.15, 0.2) is 30.3 Å². The van der Waals surface area contributed by atoms with Crippen molar-refractivity contribution in [2.45, 2.75) is 56.1 Å². The summed E-state index contributed by atoms with van der Waals surface area (Å²) in [7, 11) is 0. The van der Waals surface area contributed by atoms with Gasteiger partial charge in [0.1, 0.15) is 30.0 Å². The van der Waals surface area contributed by atoms with E-state index in [9.17, 15) is 14.7 Å². The zero-order valence-electron chi connectivity index (χ0n) is 14.2. The number of aliphatic hydroxyl groups is 1. The fourth-order valence-corrected chi connectivity index (χ4v) is 4.39. The molecule has 1 aromatic rings. The van der Waals surface area contributed by atoms with E-state index in [1.165, 1.54) is 0 Å². The van der Waals surface area contributed by atoms with Crippen LogP contribution in [0.5, 0.6) is 0 Å². The summed E-state index contributed by atoms with van der Waals surface area (Å²) in [5, 5.41) is 9.62. The molecule has 6 nitrogen and oxygen atoms in total. The summed E-state index contributed by atoms with van der Waals surface area (Å²) in [5.41, 5.74) is 0.762. The standard InChI is InChI=1S/C19H23NO5/c1-11(22)9-20-15-7-13(8-16(20)18-17(15)25-18)24-19(23)14(10-21)12-5-3-2-4-6-12/h2-6,13-18,21H,7-10H2,1H3. The van der Waals surface area contributed by atoms with E-state index in [-0.39, 0.29) is 48.8 Å². The number of ether oxygens (including phenoxy) is 2. The molecule has 0 aromatic heterocycles. The average Bonchev–Trinajstić information content (AvgIpc) is 3.34. The molecule has 3 aliphatic rings. The lowest BCUT2D eigenvalue weighted by Crippen LogP contribution is -2.51. The summed E-state index contributed by atoms with van der Waals surface area (Å²) >= 11 is 0. The molecular formula is C19H23NO5. The molecule has 2 bridgehead atoms. The van der Waals surface area contributed by atoms with Gasteiger partial charge in [0.15, 0.2) is 0 Å². The van der Waals surface area contributed by atoms with Crippen molar-refractivity contribution >= 4 is 11.8 Å². The maximum absolute atomic E-state index is 12.5. The number of hydrogen-bond acceptors (Lipinski definition) is 6. The monoisotopic (exact) mass is 345 g/mol. The molecule has 5 unspecified atom stereocenters. The zero-order valence-corrected chi connectivity index (χ0v) is 14.2. The van der Waals surface area contributed by atoms with Gasteiger partial charge in [-0.05, 0) is 12.5 Å². The van der Waals surface area contributed by atoms with Gasteiger partial charge >= 0.3 is 5.97 Å². The van der Waals surface area contributed by atoms with Crippen molar-refractivity contribution in [1.29, 1.82) is 0 Å². The fourth-order valence-electron chi connectivity index (χ4n) is 4.39. The van der Waals surface area contributed by atoms with Gasteiger partial charge in [-0.15, -0.1) is 0 Å². The van der Waals surface area contributed by atoms with E-state index in [0.717, 1.165) is 5.56 Å². The highest BCUT2D eigenvalue weighted by molar-refractivity contribution is 5.79. The summed E-state index contributed by atoms with van der Waals surface area (Å²) in [6, 6.07) is 9.50. The highest BCUT2D eigenvalue weighted by Gasteiger charge is 2.64. The second kappa shape index (κ2) is 6.52. The Bertz CT molecular complexity index is 645. The Morgan fingerprint density at radius 1 is 1.24 bits per heavy atom. The molecule has 5 atom stereocenters. The molecule has 3 aliphatic heterocycles. The number of piperidine rings is 1. The zero-order chi connectivity index (χ0) is 17.6. The van der Waals surface area contributed by atoms with Gasteiger partial charge in [-0.1, -0.05) is 30.3 Å². The lowest BCUT2D eigenvalue weighted by Gasteiger charge is -2.40. The molecule has 0 radical (unpaired) electrons. The van der Waals surface area contributed by atoms with E-state index >= 15 is 0 Å². The maximum atomic E-state index is 12.5. The minimum Gasteiger partial charge on any atom is -0.462 e. The summed E-state index contributed by atoms with van der Waals surface area (Å²) in [4.78, 5) is 26.3. The van der Waals surface area contributed by atoms with Gasteiger partial charge < -0.3 is 14.6 Å². The quantitative estimate of drug-likeness (QED) is 0.609. The smallest absolute Gasteiger partial charge is 0.316 e. The Labute approximate surface area is 146 Å². The molecule has 1 aromatic carbocycles. The molecule has 0 saturated carbocycles. The number of Topliss-reactive ketones (excluding diaryl/α,β-unsaturated/α-hetero) is 1. The van der Waals surface area contributed by atoms with Crippen LogP contribution in [0.4, 0.5) is 0 Å². The summed E-state index contributed by atoms with van der Waals surface area (Å²) in [6.45, 7) is 1.77. The number of morpholine rings is 1. The first-order valence-corrected chi connectivity index (χ1v) is 8.85. The number of ketones is 1. The third kappa shape index (κ3) is 3.10. The Kier molecular flexibility index (Phi) is 4.35. The van der Waals surface area contributed by atoms with Crippen LogP contribution < -0.4 is 0 Å². The molecule has 0 amide bonds. The minimum absolute atomic E-state index is 0.148. The number of hydrogen-bond donors (Lipinski definition) is 1. The molecule has 3 heterocycles. The lowest BCUT2D eigenvalue weighted by atomic mass is 9.97. The highest BCUT2D eigenvalue weighted by atomic mass is 16.6. The number of nitrogens with zero attached hydrogens (tertiary/aromatic N) is 1.